The van der Waals surface area contributed by atoms with Gasteiger partial charge in [0.25, 0.3) is 0 Å². The Bertz CT molecular complexity index is 529. The SMILES string of the molecule is CC(C)C(S)C(=O)NC(c1ccccc1)c1ccccc1. The molecule has 0 heterocycles. The van der Waals surface area contributed by atoms with Crippen molar-refractivity contribution in [2.75, 3.05) is 0 Å². The maximum absolute atomic E-state index is 12.4. The van der Waals surface area contributed by atoms with Gasteiger partial charge >= 0.3 is 0 Å². The molecule has 1 unspecified atom stereocenters. The van der Waals surface area contributed by atoms with Crippen molar-refractivity contribution >= 4 is 18.5 Å². The molecule has 2 nitrogen and oxygen atoms in total. The molecule has 2 rings (SSSR count). The van der Waals surface area contributed by atoms with Gasteiger partial charge in [0.2, 0.25) is 5.91 Å². The molecular weight excluding hydrogens is 278 g/mol. The summed E-state index contributed by atoms with van der Waals surface area (Å²) in [6, 6.07) is 19.9. The van der Waals surface area contributed by atoms with Crippen LogP contribution in [0.15, 0.2) is 60.7 Å². The van der Waals surface area contributed by atoms with Crippen molar-refractivity contribution in [1.82, 2.24) is 5.32 Å². The average Bonchev–Trinajstić information content (AvgIpc) is 2.53. The van der Waals surface area contributed by atoms with Crippen LogP contribution in [0.2, 0.25) is 0 Å². The third-order valence-corrected chi connectivity index (χ3v) is 4.28. The summed E-state index contributed by atoms with van der Waals surface area (Å²) in [5.41, 5.74) is 2.14. The average molecular weight is 299 g/mol. The van der Waals surface area contributed by atoms with Crippen LogP contribution in [0, 0.1) is 5.92 Å². The first-order chi connectivity index (χ1) is 10.1. The first-order valence-electron chi connectivity index (χ1n) is 7.18. The number of carbonyl (C=O) groups is 1. The van der Waals surface area contributed by atoms with Crippen molar-refractivity contribution in [3.05, 3.63) is 71.8 Å². The molecule has 0 fully saturated rings. The topological polar surface area (TPSA) is 29.1 Å². The number of hydrogen-bond acceptors (Lipinski definition) is 2. The van der Waals surface area contributed by atoms with E-state index >= 15 is 0 Å². The number of rotatable bonds is 5. The van der Waals surface area contributed by atoms with Crippen LogP contribution in [0.3, 0.4) is 0 Å². The summed E-state index contributed by atoms with van der Waals surface area (Å²) in [7, 11) is 0. The quantitative estimate of drug-likeness (QED) is 0.807. The van der Waals surface area contributed by atoms with Crippen LogP contribution in [0.1, 0.15) is 31.0 Å². The highest BCUT2D eigenvalue weighted by atomic mass is 32.1. The number of carbonyl (C=O) groups excluding carboxylic acids is 1. The molecule has 1 N–H and O–H groups in total. The molecule has 0 aromatic heterocycles. The number of hydrogen-bond donors (Lipinski definition) is 2. The third kappa shape index (κ3) is 4.11. The van der Waals surface area contributed by atoms with Gasteiger partial charge in [-0.25, -0.2) is 0 Å². The van der Waals surface area contributed by atoms with Crippen molar-refractivity contribution in [2.45, 2.75) is 25.1 Å². The largest absolute Gasteiger partial charge is 0.344 e. The fourth-order valence-corrected chi connectivity index (χ4v) is 2.26. The van der Waals surface area contributed by atoms with Crippen LogP contribution in [-0.2, 0) is 4.79 Å². The highest BCUT2D eigenvalue weighted by Gasteiger charge is 2.22. The summed E-state index contributed by atoms with van der Waals surface area (Å²) in [6.07, 6.45) is 0. The number of thiol groups is 1. The van der Waals surface area contributed by atoms with E-state index in [-0.39, 0.29) is 23.1 Å². The minimum Gasteiger partial charge on any atom is -0.344 e. The van der Waals surface area contributed by atoms with Crippen molar-refractivity contribution in [3.8, 4) is 0 Å². The van der Waals surface area contributed by atoms with E-state index in [0.717, 1.165) is 11.1 Å². The summed E-state index contributed by atoms with van der Waals surface area (Å²) < 4.78 is 0. The Morgan fingerprint density at radius 3 is 1.71 bits per heavy atom. The minimum atomic E-state index is -0.306. The monoisotopic (exact) mass is 299 g/mol. The zero-order valence-electron chi connectivity index (χ0n) is 12.4. The normalized spacial score (nSPS) is 12.4. The van der Waals surface area contributed by atoms with E-state index in [4.69, 9.17) is 0 Å². The van der Waals surface area contributed by atoms with Crippen LogP contribution >= 0.6 is 12.6 Å². The predicted octanol–water partition coefficient (Wildman–Crippen LogP) is 3.85. The van der Waals surface area contributed by atoms with Crippen molar-refractivity contribution < 1.29 is 4.79 Å². The van der Waals surface area contributed by atoms with Crippen molar-refractivity contribution in [3.63, 3.8) is 0 Å². The number of nitrogens with one attached hydrogen (secondary N) is 1. The molecule has 0 radical (unpaired) electrons. The molecule has 110 valence electrons. The molecule has 0 bridgehead atoms. The van der Waals surface area contributed by atoms with Gasteiger partial charge in [0.1, 0.15) is 0 Å². The van der Waals surface area contributed by atoms with Gasteiger partial charge in [-0.05, 0) is 17.0 Å². The molecule has 1 atom stereocenters. The van der Waals surface area contributed by atoms with E-state index in [9.17, 15) is 4.79 Å². The zero-order valence-corrected chi connectivity index (χ0v) is 13.3. The summed E-state index contributed by atoms with van der Waals surface area (Å²) in [4.78, 5) is 12.4. The Kier molecular flexibility index (Phi) is 5.45. The molecule has 0 saturated heterocycles. The second-order valence-corrected chi connectivity index (χ2v) is 6.01. The van der Waals surface area contributed by atoms with Crippen LogP contribution in [-0.4, -0.2) is 11.2 Å². The summed E-state index contributed by atoms with van der Waals surface area (Å²) in [5, 5.41) is 2.81. The lowest BCUT2D eigenvalue weighted by Crippen LogP contribution is -2.37. The zero-order chi connectivity index (χ0) is 15.2. The smallest absolute Gasteiger partial charge is 0.233 e. The predicted molar refractivity (Wildman–Crippen MR) is 90.5 cm³/mol. The standard InChI is InChI=1S/C18H21NOS/c1-13(2)17(21)18(20)19-16(14-9-5-3-6-10-14)15-11-7-4-8-12-15/h3-13,16-17,21H,1-2H3,(H,19,20). The molecule has 0 aliphatic carbocycles. The summed E-state index contributed by atoms with van der Waals surface area (Å²) in [5.74, 6) is 0.159. The molecule has 3 heteroatoms. The van der Waals surface area contributed by atoms with E-state index < -0.39 is 0 Å². The van der Waals surface area contributed by atoms with Crippen LogP contribution in [0.4, 0.5) is 0 Å². The lowest BCUT2D eigenvalue weighted by atomic mass is 9.98. The van der Waals surface area contributed by atoms with Gasteiger partial charge < -0.3 is 5.32 Å². The first-order valence-corrected chi connectivity index (χ1v) is 7.69. The highest BCUT2D eigenvalue weighted by Crippen LogP contribution is 2.22. The Morgan fingerprint density at radius 2 is 1.33 bits per heavy atom. The van der Waals surface area contributed by atoms with Gasteiger partial charge in [0, 0.05) is 0 Å². The fraction of sp³-hybridized carbons (Fsp3) is 0.278. The van der Waals surface area contributed by atoms with E-state index in [2.05, 4.69) is 17.9 Å². The molecule has 2 aromatic rings. The summed E-state index contributed by atoms with van der Waals surface area (Å²) in [6.45, 7) is 3.99. The van der Waals surface area contributed by atoms with Gasteiger partial charge in [-0.2, -0.15) is 12.6 Å². The molecule has 0 aliphatic rings. The second kappa shape index (κ2) is 7.32. The van der Waals surface area contributed by atoms with Crippen LogP contribution in [0.25, 0.3) is 0 Å². The fourth-order valence-electron chi connectivity index (χ4n) is 2.18. The highest BCUT2D eigenvalue weighted by molar-refractivity contribution is 7.81. The van der Waals surface area contributed by atoms with E-state index in [0.29, 0.717) is 0 Å². The number of benzene rings is 2. The lowest BCUT2D eigenvalue weighted by molar-refractivity contribution is -0.121. The molecule has 2 aromatic carbocycles. The maximum Gasteiger partial charge on any atom is 0.233 e. The second-order valence-electron chi connectivity index (χ2n) is 5.45. The minimum absolute atomic E-state index is 0.0361. The Labute approximate surface area is 132 Å². The van der Waals surface area contributed by atoms with Gasteiger partial charge in [0.15, 0.2) is 0 Å². The number of amides is 1. The van der Waals surface area contributed by atoms with Crippen LogP contribution < -0.4 is 5.32 Å². The Hall–Kier alpha value is -1.74. The summed E-state index contributed by atoms with van der Waals surface area (Å²) >= 11 is 4.41. The third-order valence-electron chi connectivity index (χ3n) is 3.45. The molecule has 0 spiro atoms. The van der Waals surface area contributed by atoms with Crippen molar-refractivity contribution in [2.24, 2.45) is 5.92 Å². The van der Waals surface area contributed by atoms with Gasteiger partial charge in [-0.3, -0.25) is 4.79 Å². The van der Waals surface area contributed by atoms with Crippen LogP contribution in [0.5, 0.6) is 0 Å². The maximum atomic E-state index is 12.4. The van der Waals surface area contributed by atoms with Crippen molar-refractivity contribution in [1.29, 1.82) is 0 Å². The molecule has 0 saturated carbocycles. The Morgan fingerprint density at radius 1 is 0.905 bits per heavy atom. The van der Waals surface area contributed by atoms with Gasteiger partial charge in [0.05, 0.1) is 11.3 Å². The van der Waals surface area contributed by atoms with Gasteiger partial charge in [-0.15, -0.1) is 0 Å². The first kappa shape index (κ1) is 15.6. The molecular formula is C18H21NOS. The molecule has 0 aliphatic heterocycles. The van der Waals surface area contributed by atoms with E-state index in [1.165, 1.54) is 0 Å². The molecule has 21 heavy (non-hydrogen) atoms. The molecule has 1 amide bonds. The Balaban J connectivity index is 2.28. The van der Waals surface area contributed by atoms with E-state index in [1.54, 1.807) is 0 Å². The van der Waals surface area contributed by atoms with Gasteiger partial charge in [-0.1, -0.05) is 74.5 Å². The lowest BCUT2D eigenvalue weighted by Gasteiger charge is -2.23. The van der Waals surface area contributed by atoms with E-state index in [1.807, 2.05) is 74.5 Å².